The Labute approximate surface area is 142 Å². The zero-order valence-corrected chi connectivity index (χ0v) is 14.6. The minimum absolute atomic E-state index is 0.0859. The van der Waals surface area contributed by atoms with Gasteiger partial charge in [0, 0.05) is 19.5 Å². The van der Waals surface area contributed by atoms with Crippen LogP contribution in [0.25, 0.3) is 0 Å². The SMILES string of the molecule is CC(C)C(C)(CN)NC(=O)C1CC(=O)N(c2ccccc2Cl)C1. The molecule has 0 bridgehead atoms. The lowest BCUT2D eigenvalue weighted by Crippen LogP contribution is -2.56. The standard InChI is InChI=1S/C17H24ClN3O2/c1-11(2)17(3,10-19)20-16(23)12-8-15(22)21(9-12)14-7-5-4-6-13(14)18/h4-7,11-12H,8-10,19H2,1-3H3,(H,20,23). The number of amides is 2. The summed E-state index contributed by atoms with van der Waals surface area (Å²) in [6.45, 7) is 6.66. The second-order valence-corrected chi connectivity index (χ2v) is 7.03. The van der Waals surface area contributed by atoms with Crippen LogP contribution in [0, 0.1) is 11.8 Å². The summed E-state index contributed by atoms with van der Waals surface area (Å²) in [5, 5.41) is 3.53. The molecule has 0 aliphatic carbocycles. The molecule has 1 saturated heterocycles. The lowest BCUT2D eigenvalue weighted by molar-refractivity contribution is -0.128. The minimum atomic E-state index is -0.474. The molecule has 1 aromatic carbocycles. The van der Waals surface area contributed by atoms with Crippen LogP contribution >= 0.6 is 11.6 Å². The molecule has 1 fully saturated rings. The van der Waals surface area contributed by atoms with Gasteiger partial charge in [-0.15, -0.1) is 0 Å². The number of carbonyl (C=O) groups excluding carboxylic acids is 2. The molecule has 2 rings (SSSR count). The van der Waals surface area contributed by atoms with Crippen molar-refractivity contribution in [3.63, 3.8) is 0 Å². The van der Waals surface area contributed by atoms with Crippen LogP contribution in [0.15, 0.2) is 24.3 Å². The van der Waals surface area contributed by atoms with Crippen molar-refractivity contribution in [3.8, 4) is 0 Å². The van der Waals surface area contributed by atoms with E-state index in [1.807, 2.05) is 32.9 Å². The molecular weight excluding hydrogens is 314 g/mol. The number of hydrogen-bond acceptors (Lipinski definition) is 3. The fourth-order valence-corrected chi connectivity index (χ4v) is 2.84. The van der Waals surface area contributed by atoms with Crippen molar-refractivity contribution in [3.05, 3.63) is 29.3 Å². The predicted molar refractivity (Wildman–Crippen MR) is 92.4 cm³/mol. The van der Waals surface area contributed by atoms with Crippen LogP contribution in [0.2, 0.25) is 5.02 Å². The fourth-order valence-electron chi connectivity index (χ4n) is 2.60. The summed E-state index contributed by atoms with van der Waals surface area (Å²) in [5.74, 6) is -0.400. The Morgan fingerprint density at radius 3 is 2.70 bits per heavy atom. The third kappa shape index (κ3) is 3.67. The van der Waals surface area contributed by atoms with Gasteiger partial charge in [0.2, 0.25) is 11.8 Å². The lowest BCUT2D eigenvalue weighted by Gasteiger charge is -2.34. The van der Waals surface area contributed by atoms with Crippen molar-refractivity contribution in [1.29, 1.82) is 0 Å². The first kappa shape index (κ1) is 17.8. The summed E-state index contributed by atoms with van der Waals surface area (Å²) >= 11 is 6.16. The molecule has 23 heavy (non-hydrogen) atoms. The molecule has 126 valence electrons. The number of halogens is 1. The summed E-state index contributed by atoms with van der Waals surface area (Å²) < 4.78 is 0. The first-order valence-corrected chi connectivity index (χ1v) is 8.23. The van der Waals surface area contributed by atoms with E-state index in [2.05, 4.69) is 5.32 Å². The van der Waals surface area contributed by atoms with Crippen molar-refractivity contribution in [2.75, 3.05) is 18.0 Å². The smallest absolute Gasteiger partial charge is 0.227 e. The Bertz CT molecular complexity index is 605. The zero-order chi connectivity index (χ0) is 17.2. The van der Waals surface area contributed by atoms with Crippen LogP contribution in [0.5, 0.6) is 0 Å². The van der Waals surface area contributed by atoms with Gasteiger partial charge in [0.1, 0.15) is 0 Å². The van der Waals surface area contributed by atoms with Gasteiger partial charge in [0.05, 0.1) is 22.2 Å². The molecule has 3 N–H and O–H groups in total. The van der Waals surface area contributed by atoms with E-state index in [1.54, 1.807) is 17.0 Å². The van der Waals surface area contributed by atoms with Crippen LogP contribution in [0.1, 0.15) is 27.2 Å². The van der Waals surface area contributed by atoms with Crippen LogP contribution < -0.4 is 16.0 Å². The van der Waals surface area contributed by atoms with E-state index in [-0.39, 0.29) is 30.1 Å². The topological polar surface area (TPSA) is 75.4 Å². The number of anilines is 1. The second-order valence-electron chi connectivity index (χ2n) is 6.62. The molecule has 0 aromatic heterocycles. The number of nitrogens with two attached hydrogens (primary N) is 1. The van der Waals surface area contributed by atoms with Gasteiger partial charge in [0.15, 0.2) is 0 Å². The third-order valence-corrected chi connectivity index (χ3v) is 5.07. The van der Waals surface area contributed by atoms with E-state index in [4.69, 9.17) is 17.3 Å². The van der Waals surface area contributed by atoms with Crippen molar-refractivity contribution in [1.82, 2.24) is 5.32 Å². The quantitative estimate of drug-likeness (QED) is 0.864. The molecule has 2 atom stereocenters. The van der Waals surface area contributed by atoms with Crippen molar-refractivity contribution >= 4 is 29.1 Å². The third-order valence-electron chi connectivity index (χ3n) is 4.75. The largest absolute Gasteiger partial charge is 0.349 e. The van der Waals surface area contributed by atoms with E-state index in [1.165, 1.54) is 0 Å². The summed E-state index contributed by atoms with van der Waals surface area (Å²) in [7, 11) is 0. The maximum absolute atomic E-state index is 12.6. The number of rotatable bonds is 5. The molecule has 1 aliphatic heterocycles. The van der Waals surface area contributed by atoms with Crippen molar-refractivity contribution in [2.24, 2.45) is 17.6 Å². The van der Waals surface area contributed by atoms with Gasteiger partial charge in [-0.1, -0.05) is 37.6 Å². The number of carbonyl (C=O) groups is 2. The average Bonchev–Trinajstić information content (AvgIpc) is 2.89. The second kappa shape index (κ2) is 6.89. The molecule has 2 unspecified atom stereocenters. The first-order valence-electron chi connectivity index (χ1n) is 7.85. The molecule has 0 radical (unpaired) electrons. The highest BCUT2D eigenvalue weighted by molar-refractivity contribution is 6.33. The Kier molecular flexibility index (Phi) is 5.32. The average molecular weight is 338 g/mol. The van der Waals surface area contributed by atoms with Crippen molar-refractivity contribution < 1.29 is 9.59 Å². The molecule has 2 amide bonds. The summed E-state index contributed by atoms with van der Waals surface area (Å²) in [6.07, 6.45) is 0.190. The number of benzene rings is 1. The Morgan fingerprint density at radius 1 is 1.48 bits per heavy atom. The van der Waals surface area contributed by atoms with Crippen LogP contribution in [-0.2, 0) is 9.59 Å². The zero-order valence-electron chi connectivity index (χ0n) is 13.8. The van der Waals surface area contributed by atoms with Gasteiger partial charge >= 0.3 is 0 Å². The van der Waals surface area contributed by atoms with E-state index < -0.39 is 5.54 Å². The lowest BCUT2D eigenvalue weighted by atomic mass is 9.87. The van der Waals surface area contributed by atoms with Crippen LogP contribution in [0.3, 0.4) is 0 Å². The van der Waals surface area contributed by atoms with Gasteiger partial charge in [-0.2, -0.15) is 0 Å². The number of para-hydroxylation sites is 1. The van der Waals surface area contributed by atoms with Gasteiger partial charge in [-0.3, -0.25) is 9.59 Å². The normalized spacial score (nSPS) is 20.7. The van der Waals surface area contributed by atoms with E-state index in [0.717, 1.165) is 0 Å². The van der Waals surface area contributed by atoms with Gasteiger partial charge < -0.3 is 16.0 Å². The molecule has 1 aromatic rings. The Balaban J connectivity index is 2.11. The molecule has 1 aliphatic rings. The van der Waals surface area contributed by atoms with Gasteiger partial charge in [-0.25, -0.2) is 0 Å². The highest BCUT2D eigenvalue weighted by Gasteiger charge is 2.38. The van der Waals surface area contributed by atoms with Gasteiger partial charge in [-0.05, 0) is 25.0 Å². The maximum atomic E-state index is 12.6. The Hall–Kier alpha value is -1.59. The van der Waals surface area contributed by atoms with Gasteiger partial charge in [0.25, 0.3) is 0 Å². The summed E-state index contributed by atoms with van der Waals surface area (Å²) in [4.78, 5) is 26.4. The summed E-state index contributed by atoms with van der Waals surface area (Å²) in [5.41, 5.74) is 5.99. The van der Waals surface area contributed by atoms with E-state index >= 15 is 0 Å². The number of nitrogens with one attached hydrogen (secondary N) is 1. The van der Waals surface area contributed by atoms with E-state index in [9.17, 15) is 9.59 Å². The number of hydrogen-bond donors (Lipinski definition) is 2. The van der Waals surface area contributed by atoms with Crippen molar-refractivity contribution in [2.45, 2.75) is 32.7 Å². The molecule has 0 saturated carbocycles. The fraction of sp³-hybridized carbons (Fsp3) is 0.529. The van der Waals surface area contributed by atoms with E-state index in [0.29, 0.717) is 23.8 Å². The number of nitrogens with zero attached hydrogens (tertiary/aromatic N) is 1. The molecule has 1 heterocycles. The molecule has 0 spiro atoms. The summed E-state index contributed by atoms with van der Waals surface area (Å²) in [6, 6.07) is 7.17. The van der Waals surface area contributed by atoms with Crippen LogP contribution in [0.4, 0.5) is 5.69 Å². The highest BCUT2D eigenvalue weighted by atomic mass is 35.5. The minimum Gasteiger partial charge on any atom is -0.349 e. The molecule has 6 heteroatoms. The monoisotopic (exact) mass is 337 g/mol. The molecular formula is C17H24ClN3O2. The predicted octanol–water partition coefficient (Wildman–Crippen LogP) is 2.18. The highest BCUT2D eigenvalue weighted by Crippen LogP contribution is 2.31. The first-order chi connectivity index (χ1) is 10.8. The van der Waals surface area contributed by atoms with Crippen LogP contribution in [-0.4, -0.2) is 30.4 Å². The Morgan fingerprint density at radius 2 is 2.13 bits per heavy atom. The molecule has 5 nitrogen and oxygen atoms in total. The maximum Gasteiger partial charge on any atom is 0.227 e.